The van der Waals surface area contributed by atoms with E-state index in [9.17, 15) is 4.79 Å². The Morgan fingerprint density at radius 1 is 1.14 bits per heavy atom. The minimum atomic E-state index is -0.460. The summed E-state index contributed by atoms with van der Waals surface area (Å²) in [7, 11) is 1.81. The van der Waals surface area contributed by atoms with Crippen LogP contribution in [0.2, 0.25) is 0 Å². The Morgan fingerprint density at radius 3 is 2.21 bits per heavy atom. The van der Waals surface area contributed by atoms with Crippen molar-refractivity contribution in [3.63, 3.8) is 0 Å². The van der Waals surface area contributed by atoms with Crippen LogP contribution in [0.4, 0.5) is 4.79 Å². The molecule has 1 heterocycles. The molecule has 1 amide bonds. The third-order valence-electron chi connectivity index (χ3n) is 4.90. The van der Waals surface area contributed by atoms with Gasteiger partial charge >= 0.3 is 6.09 Å². The zero-order valence-electron chi connectivity index (χ0n) is 18.5. The fourth-order valence-corrected chi connectivity index (χ4v) is 4.15. The lowest BCUT2D eigenvalue weighted by Gasteiger charge is -2.32. The number of nitrogens with one attached hydrogen (secondary N) is 3. The molecule has 3 N–H and O–H groups in total. The Bertz CT molecular complexity index is 648. The summed E-state index contributed by atoms with van der Waals surface area (Å²) < 4.78 is 5.35. The van der Waals surface area contributed by atoms with E-state index in [0.29, 0.717) is 6.04 Å². The lowest BCUT2D eigenvalue weighted by molar-refractivity contribution is 0.0490. The normalized spacial score (nSPS) is 20.4. The lowest BCUT2D eigenvalue weighted by Crippen LogP contribution is -2.49. The van der Waals surface area contributed by atoms with Crippen molar-refractivity contribution < 1.29 is 9.53 Å². The van der Waals surface area contributed by atoms with E-state index in [4.69, 9.17) is 4.74 Å². The van der Waals surface area contributed by atoms with Crippen LogP contribution in [0.15, 0.2) is 22.5 Å². The smallest absolute Gasteiger partial charge is 0.407 e. The molecule has 166 valence electrons. The third-order valence-corrected chi connectivity index (χ3v) is 6.13. The first-order valence-electron chi connectivity index (χ1n) is 10.1. The Morgan fingerprint density at radius 2 is 1.72 bits per heavy atom. The number of nitrogens with zero attached hydrogens (tertiary/aromatic N) is 1. The molecule has 0 bridgehead atoms. The Balaban J connectivity index is 0.00000420. The molecule has 1 aliphatic rings. The van der Waals surface area contributed by atoms with E-state index < -0.39 is 5.60 Å². The van der Waals surface area contributed by atoms with Crippen molar-refractivity contribution >= 4 is 47.4 Å². The summed E-state index contributed by atoms with van der Waals surface area (Å²) in [5.74, 6) is 0.841. The van der Waals surface area contributed by atoms with Crippen LogP contribution in [0.3, 0.4) is 0 Å². The van der Waals surface area contributed by atoms with E-state index in [1.807, 2.05) is 27.8 Å². The molecule has 1 aromatic heterocycles. The van der Waals surface area contributed by atoms with Crippen molar-refractivity contribution in [2.24, 2.45) is 4.99 Å². The molecule has 0 aromatic carbocycles. The number of guanidine groups is 1. The summed E-state index contributed by atoms with van der Waals surface area (Å²) in [4.78, 5) is 17.7. The number of alkyl carbamates (subject to hydrolysis) is 1. The molecule has 0 unspecified atom stereocenters. The zero-order chi connectivity index (χ0) is 20.8. The summed E-state index contributed by atoms with van der Waals surface area (Å²) >= 11 is 1.79. The van der Waals surface area contributed by atoms with Gasteiger partial charge in [0.05, 0.1) is 0 Å². The van der Waals surface area contributed by atoms with Crippen molar-refractivity contribution in [2.75, 3.05) is 13.6 Å². The summed E-state index contributed by atoms with van der Waals surface area (Å²) in [5.41, 5.74) is -0.404. The molecule has 2 rings (SSSR count). The van der Waals surface area contributed by atoms with E-state index in [1.165, 1.54) is 4.88 Å². The van der Waals surface area contributed by atoms with Crippen molar-refractivity contribution in [2.45, 2.75) is 83.4 Å². The first-order valence-corrected chi connectivity index (χ1v) is 11.0. The Labute approximate surface area is 196 Å². The first kappa shape index (κ1) is 26.0. The number of carbonyl (C=O) groups excluding carboxylic acids is 1. The minimum absolute atomic E-state index is 0. The summed E-state index contributed by atoms with van der Waals surface area (Å²) in [5, 5.41) is 12.1. The van der Waals surface area contributed by atoms with Gasteiger partial charge in [0.25, 0.3) is 0 Å². The largest absolute Gasteiger partial charge is 0.444 e. The SMILES string of the molecule is CN=C(NCC(C)(C)c1cccs1)NC1CCC(NC(=O)OC(C)(C)C)CC1.I. The average Bonchev–Trinajstić information content (AvgIpc) is 3.14. The number of thiophene rings is 1. The highest BCUT2D eigenvalue weighted by atomic mass is 127. The second-order valence-electron chi connectivity index (χ2n) is 9.13. The van der Waals surface area contributed by atoms with Gasteiger partial charge in [-0.05, 0) is 57.9 Å². The van der Waals surface area contributed by atoms with Gasteiger partial charge < -0.3 is 20.7 Å². The number of halogens is 1. The second-order valence-corrected chi connectivity index (χ2v) is 10.1. The molecule has 6 nitrogen and oxygen atoms in total. The van der Waals surface area contributed by atoms with Gasteiger partial charge in [0.1, 0.15) is 5.60 Å². The number of carbonyl (C=O) groups is 1. The van der Waals surface area contributed by atoms with Gasteiger partial charge in [0.15, 0.2) is 5.96 Å². The van der Waals surface area contributed by atoms with Crippen molar-refractivity contribution in [3.8, 4) is 0 Å². The van der Waals surface area contributed by atoms with Gasteiger partial charge in [-0.25, -0.2) is 4.79 Å². The highest BCUT2D eigenvalue weighted by molar-refractivity contribution is 14.0. The van der Waals surface area contributed by atoms with E-state index in [0.717, 1.165) is 38.2 Å². The molecular formula is C21H37IN4O2S. The predicted molar refractivity (Wildman–Crippen MR) is 133 cm³/mol. The Hall–Kier alpha value is -1.03. The van der Waals surface area contributed by atoms with Crippen LogP contribution in [0.25, 0.3) is 0 Å². The van der Waals surface area contributed by atoms with Crippen LogP contribution >= 0.6 is 35.3 Å². The lowest BCUT2D eigenvalue weighted by atomic mass is 9.91. The number of amides is 1. The molecule has 1 fully saturated rings. The molecule has 8 heteroatoms. The van der Waals surface area contributed by atoms with Gasteiger partial charge in [-0.1, -0.05) is 19.9 Å². The van der Waals surface area contributed by atoms with Gasteiger partial charge in [0, 0.05) is 36.0 Å². The van der Waals surface area contributed by atoms with Gasteiger partial charge in [-0.2, -0.15) is 0 Å². The van der Waals surface area contributed by atoms with Crippen molar-refractivity contribution in [3.05, 3.63) is 22.4 Å². The standard InChI is InChI=1S/C21H36N4O2S.HI/c1-20(2,3)27-19(26)25-16-11-9-15(10-12-16)24-18(22-6)23-14-21(4,5)17-8-7-13-28-17;/h7-8,13,15-16H,9-12,14H2,1-6H3,(H,25,26)(H2,22,23,24);1H. The topological polar surface area (TPSA) is 74.8 Å². The average molecular weight is 537 g/mol. The number of hydrogen-bond acceptors (Lipinski definition) is 4. The number of hydrogen-bond donors (Lipinski definition) is 3. The van der Waals surface area contributed by atoms with Crippen LogP contribution < -0.4 is 16.0 Å². The van der Waals surface area contributed by atoms with Gasteiger partial charge in [-0.3, -0.25) is 4.99 Å². The van der Waals surface area contributed by atoms with E-state index in [2.05, 4.69) is 52.3 Å². The first-order chi connectivity index (χ1) is 13.1. The fourth-order valence-electron chi connectivity index (χ4n) is 3.30. The van der Waals surface area contributed by atoms with Crippen molar-refractivity contribution in [1.82, 2.24) is 16.0 Å². The number of aliphatic imine (C=N–C) groups is 1. The third kappa shape index (κ3) is 9.11. The van der Waals surface area contributed by atoms with Crippen LogP contribution in [0.5, 0.6) is 0 Å². The summed E-state index contributed by atoms with van der Waals surface area (Å²) in [6.07, 6.45) is 3.55. The molecule has 0 aliphatic heterocycles. The molecule has 1 aliphatic carbocycles. The van der Waals surface area contributed by atoms with E-state index >= 15 is 0 Å². The van der Waals surface area contributed by atoms with E-state index in [1.54, 1.807) is 11.3 Å². The fraction of sp³-hybridized carbons (Fsp3) is 0.714. The van der Waals surface area contributed by atoms with Crippen LogP contribution in [-0.2, 0) is 10.2 Å². The minimum Gasteiger partial charge on any atom is -0.444 e. The van der Waals surface area contributed by atoms with Crippen LogP contribution in [-0.4, -0.2) is 43.3 Å². The molecule has 29 heavy (non-hydrogen) atoms. The number of ether oxygens (including phenoxy) is 1. The molecule has 0 radical (unpaired) electrons. The number of rotatable bonds is 5. The molecule has 1 saturated carbocycles. The molecule has 1 aromatic rings. The summed E-state index contributed by atoms with van der Waals surface area (Å²) in [6.45, 7) is 10.9. The van der Waals surface area contributed by atoms with Gasteiger partial charge in [0.2, 0.25) is 0 Å². The quantitative estimate of drug-likeness (QED) is 0.291. The van der Waals surface area contributed by atoms with Gasteiger partial charge in [-0.15, -0.1) is 35.3 Å². The molecular weight excluding hydrogens is 499 g/mol. The van der Waals surface area contributed by atoms with Crippen LogP contribution in [0.1, 0.15) is 65.2 Å². The van der Waals surface area contributed by atoms with Crippen molar-refractivity contribution in [1.29, 1.82) is 0 Å². The molecule has 0 spiro atoms. The maximum absolute atomic E-state index is 11.9. The molecule has 0 saturated heterocycles. The van der Waals surface area contributed by atoms with Crippen LogP contribution in [0, 0.1) is 0 Å². The van der Waals surface area contributed by atoms with E-state index in [-0.39, 0.29) is 41.5 Å². The summed E-state index contributed by atoms with van der Waals surface area (Å²) in [6, 6.07) is 4.83. The predicted octanol–water partition coefficient (Wildman–Crippen LogP) is 4.64. The monoisotopic (exact) mass is 536 g/mol. The second kappa shape index (κ2) is 11.4. The maximum atomic E-state index is 11.9. The Kier molecular flexibility index (Phi) is 10.2. The highest BCUT2D eigenvalue weighted by Gasteiger charge is 2.26. The zero-order valence-corrected chi connectivity index (χ0v) is 21.6. The highest BCUT2D eigenvalue weighted by Crippen LogP contribution is 2.26. The molecule has 0 atom stereocenters. The maximum Gasteiger partial charge on any atom is 0.407 e.